The molecule has 4 aromatic carbocycles. The van der Waals surface area contributed by atoms with E-state index in [2.05, 4.69) is 24.3 Å². The third-order valence-corrected chi connectivity index (χ3v) is 4.80. The molecule has 0 radical (unpaired) electrons. The Morgan fingerprint density at radius 3 is 1.96 bits per heavy atom. The molecule has 5 aromatic rings. The Kier molecular flexibility index (Phi) is 2.98. The van der Waals surface area contributed by atoms with E-state index in [1.807, 2.05) is 71.3 Å². The minimum absolute atomic E-state index is 0.0191. The van der Waals surface area contributed by atoms with Crippen LogP contribution in [0.1, 0.15) is 0 Å². The molecule has 0 saturated heterocycles. The largest absolute Gasteiger partial charge is 0.276 e. The molecule has 25 heavy (non-hydrogen) atoms. The molecule has 0 aliphatic rings. The highest BCUT2D eigenvalue weighted by molar-refractivity contribution is 6.06. The topological polar surface area (TPSA) is 22.0 Å². The van der Waals surface area contributed by atoms with Gasteiger partial charge in [0.15, 0.2) is 0 Å². The van der Waals surface area contributed by atoms with Crippen molar-refractivity contribution >= 4 is 32.4 Å². The second kappa shape index (κ2) is 5.32. The highest BCUT2D eigenvalue weighted by Gasteiger charge is 2.13. The molecule has 1 heterocycles. The molecule has 0 N–H and O–H groups in total. The Hall–Kier alpha value is -3.39. The van der Waals surface area contributed by atoms with Crippen LogP contribution >= 0.6 is 0 Å². The Balaban J connectivity index is 2.05. The lowest BCUT2D eigenvalue weighted by Gasteiger charge is -2.15. The number of para-hydroxylation sites is 1. The van der Waals surface area contributed by atoms with Crippen molar-refractivity contribution in [3.05, 3.63) is 101 Å². The van der Waals surface area contributed by atoms with E-state index in [0.717, 1.165) is 38.1 Å². The lowest BCUT2D eigenvalue weighted by Crippen LogP contribution is -2.19. The Labute approximate surface area is 144 Å². The molecular formula is C23H15NO. The highest BCUT2D eigenvalue weighted by Crippen LogP contribution is 2.28. The van der Waals surface area contributed by atoms with Crippen LogP contribution in [-0.2, 0) is 0 Å². The van der Waals surface area contributed by atoms with Gasteiger partial charge >= 0.3 is 0 Å². The standard InChI is InChI=1S/C23H15NO/c25-23-20-13-4-3-11-18(20)19-12-5-6-14-22(19)24(23)21-15-7-9-16-8-1-2-10-17(16)21/h1-15H. The van der Waals surface area contributed by atoms with Crippen molar-refractivity contribution < 1.29 is 0 Å². The monoisotopic (exact) mass is 321 g/mol. The van der Waals surface area contributed by atoms with Gasteiger partial charge < -0.3 is 0 Å². The fourth-order valence-corrected chi connectivity index (χ4v) is 3.67. The van der Waals surface area contributed by atoms with Gasteiger partial charge in [0.2, 0.25) is 0 Å². The van der Waals surface area contributed by atoms with Crippen LogP contribution in [0.15, 0.2) is 95.8 Å². The first-order chi connectivity index (χ1) is 12.3. The second-order valence-electron chi connectivity index (χ2n) is 6.20. The van der Waals surface area contributed by atoms with E-state index >= 15 is 0 Å². The Bertz CT molecular complexity index is 1310. The van der Waals surface area contributed by atoms with Crippen LogP contribution in [0.5, 0.6) is 0 Å². The molecule has 0 atom stereocenters. The average Bonchev–Trinajstić information content (AvgIpc) is 2.68. The first-order valence-electron chi connectivity index (χ1n) is 8.35. The van der Waals surface area contributed by atoms with Gasteiger partial charge in [-0.3, -0.25) is 9.36 Å². The zero-order valence-electron chi connectivity index (χ0n) is 13.5. The molecule has 0 unspecified atom stereocenters. The number of hydrogen-bond acceptors (Lipinski definition) is 1. The van der Waals surface area contributed by atoms with E-state index in [1.165, 1.54) is 0 Å². The number of pyridine rings is 1. The summed E-state index contributed by atoms with van der Waals surface area (Å²) in [7, 11) is 0. The maximum atomic E-state index is 13.3. The van der Waals surface area contributed by atoms with Crippen molar-refractivity contribution in [3.63, 3.8) is 0 Å². The molecule has 0 aliphatic heterocycles. The summed E-state index contributed by atoms with van der Waals surface area (Å²) in [6.45, 7) is 0. The van der Waals surface area contributed by atoms with Gasteiger partial charge in [0, 0.05) is 16.2 Å². The summed E-state index contributed by atoms with van der Waals surface area (Å²) in [6.07, 6.45) is 0. The fourth-order valence-electron chi connectivity index (χ4n) is 3.67. The quantitative estimate of drug-likeness (QED) is 0.384. The van der Waals surface area contributed by atoms with E-state index in [4.69, 9.17) is 0 Å². The lowest BCUT2D eigenvalue weighted by atomic mass is 10.0. The van der Waals surface area contributed by atoms with Gasteiger partial charge in [0.1, 0.15) is 0 Å². The summed E-state index contributed by atoms with van der Waals surface area (Å²) in [5, 5.41) is 5.04. The summed E-state index contributed by atoms with van der Waals surface area (Å²) in [6, 6.07) is 30.2. The number of hydrogen-bond donors (Lipinski definition) is 0. The molecular weight excluding hydrogens is 306 g/mol. The summed E-state index contributed by atoms with van der Waals surface area (Å²) in [5.41, 5.74) is 1.87. The molecule has 118 valence electrons. The van der Waals surface area contributed by atoms with E-state index in [-0.39, 0.29) is 5.56 Å². The molecule has 0 spiro atoms. The van der Waals surface area contributed by atoms with Crippen molar-refractivity contribution in [3.8, 4) is 5.69 Å². The minimum Gasteiger partial charge on any atom is -0.276 e. The number of benzene rings is 4. The van der Waals surface area contributed by atoms with Crippen LogP contribution in [0.4, 0.5) is 0 Å². The van der Waals surface area contributed by atoms with Crippen LogP contribution in [0.2, 0.25) is 0 Å². The molecule has 1 aromatic heterocycles. The molecule has 0 fully saturated rings. The van der Waals surface area contributed by atoms with Crippen molar-refractivity contribution in [2.24, 2.45) is 0 Å². The van der Waals surface area contributed by atoms with Crippen molar-refractivity contribution in [1.29, 1.82) is 0 Å². The van der Waals surface area contributed by atoms with Crippen molar-refractivity contribution in [2.45, 2.75) is 0 Å². The van der Waals surface area contributed by atoms with Gasteiger partial charge in [0.05, 0.1) is 11.2 Å². The molecule has 0 aliphatic carbocycles. The summed E-state index contributed by atoms with van der Waals surface area (Å²) in [4.78, 5) is 13.3. The van der Waals surface area contributed by atoms with Gasteiger partial charge in [-0.25, -0.2) is 0 Å². The second-order valence-corrected chi connectivity index (χ2v) is 6.20. The number of aromatic nitrogens is 1. The highest BCUT2D eigenvalue weighted by atomic mass is 16.1. The van der Waals surface area contributed by atoms with Gasteiger partial charge in [-0.05, 0) is 29.0 Å². The molecule has 0 saturated carbocycles. The third-order valence-electron chi connectivity index (χ3n) is 4.80. The van der Waals surface area contributed by atoms with E-state index in [9.17, 15) is 4.79 Å². The summed E-state index contributed by atoms with van der Waals surface area (Å²) in [5.74, 6) is 0. The zero-order chi connectivity index (χ0) is 16.8. The summed E-state index contributed by atoms with van der Waals surface area (Å²) < 4.78 is 1.85. The van der Waals surface area contributed by atoms with Gasteiger partial charge in [-0.15, -0.1) is 0 Å². The van der Waals surface area contributed by atoms with E-state index < -0.39 is 0 Å². The zero-order valence-corrected chi connectivity index (χ0v) is 13.5. The first-order valence-corrected chi connectivity index (χ1v) is 8.35. The average molecular weight is 321 g/mol. The van der Waals surface area contributed by atoms with Crippen LogP contribution in [0.3, 0.4) is 0 Å². The van der Waals surface area contributed by atoms with Crippen molar-refractivity contribution in [2.75, 3.05) is 0 Å². The van der Waals surface area contributed by atoms with Crippen LogP contribution in [0, 0.1) is 0 Å². The van der Waals surface area contributed by atoms with Crippen molar-refractivity contribution in [1.82, 2.24) is 4.57 Å². The predicted molar refractivity (Wildman–Crippen MR) is 105 cm³/mol. The SMILES string of the molecule is O=c1c2ccccc2c2ccccc2n1-c1cccc2ccccc12. The molecule has 5 rings (SSSR count). The van der Waals surface area contributed by atoms with Crippen LogP contribution in [-0.4, -0.2) is 4.57 Å². The number of fused-ring (bicyclic) bond motifs is 4. The van der Waals surface area contributed by atoms with E-state index in [1.54, 1.807) is 0 Å². The van der Waals surface area contributed by atoms with Gasteiger partial charge in [-0.1, -0.05) is 72.8 Å². The molecule has 0 bridgehead atoms. The smallest absolute Gasteiger partial charge is 0.263 e. The molecule has 0 amide bonds. The Morgan fingerprint density at radius 2 is 1.12 bits per heavy atom. The Morgan fingerprint density at radius 1 is 0.520 bits per heavy atom. The maximum absolute atomic E-state index is 13.3. The number of rotatable bonds is 1. The van der Waals surface area contributed by atoms with E-state index in [0.29, 0.717) is 0 Å². The van der Waals surface area contributed by atoms with Crippen LogP contribution < -0.4 is 5.56 Å². The van der Waals surface area contributed by atoms with Gasteiger partial charge in [0.25, 0.3) is 5.56 Å². The fraction of sp³-hybridized carbons (Fsp3) is 0. The maximum Gasteiger partial charge on any atom is 0.263 e. The van der Waals surface area contributed by atoms with Crippen LogP contribution in [0.25, 0.3) is 38.1 Å². The number of nitrogens with zero attached hydrogens (tertiary/aromatic N) is 1. The summed E-state index contributed by atoms with van der Waals surface area (Å²) >= 11 is 0. The van der Waals surface area contributed by atoms with Gasteiger partial charge in [-0.2, -0.15) is 0 Å². The third kappa shape index (κ3) is 2.01. The molecule has 2 heteroatoms. The molecule has 2 nitrogen and oxygen atoms in total. The predicted octanol–water partition coefficient (Wildman–Crippen LogP) is 5.30. The lowest BCUT2D eigenvalue weighted by molar-refractivity contribution is 1.07. The normalized spacial score (nSPS) is 11.4. The first kappa shape index (κ1) is 14.0. The minimum atomic E-state index is 0.0191.